The number of amides is 1. The topological polar surface area (TPSA) is 55.1 Å². The number of rotatable bonds is 8. The highest BCUT2D eigenvalue weighted by Gasteiger charge is 2.32. The summed E-state index contributed by atoms with van der Waals surface area (Å²) in [4.78, 5) is 12.1. The maximum absolute atomic E-state index is 12.1. The van der Waals surface area contributed by atoms with Crippen molar-refractivity contribution >= 4 is 5.91 Å². The van der Waals surface area contributed by atoms with E-state index in [4.69, 9.17) is 5.73 Å². The molecule has 1 saturated carbocycles. The molecule has 0 aromatic carbocycles. The van der Waals surface area contributed by atoms with E-state index in [1.165, 1.54) is 38.5 Å². The van der Waals surface area contributed by atoms with Crippen LogP contribution in [-0.2, 0) is 4.79 Å². The Hall–Kier alpha value is -0.570. The van der Waals surface area contributed by atoms with Gasteiger partial charge in [0.1, 0.15) is 0 Å². The third kappa shape index (κ3) is 5.94. The van der Waals surface area contributed by atoms with E-state index in [0.717, 1.165) is 25.8 Å². The van der Waals surface area contributed by atoms with Crippen molar-refractivity contribution in [3.8, 4) is 0 Å². The highest BCUT2D eigenvalue weighted by atomic mass is 16.1. The lowest BCUT2D eigenvalue weighted by Crippen LogP contribution is -2.47. The Morgan fingerprint density at radius 1 is 1.16 bits per heavy atom. The van der Waals surface area contributed by atoms with E-state index in [9.17, 15) is 4.79 Å². The van der Waals surface area contributed by atoms with Gasteiger partial charge in [-0.3, -0.25) is 4.79 Å². The molecule has 0 aromatic heterocycles. The summed E-state index contributed by atoms with van der Waals surface area (Å²) in [6, 6.07) is 0.0540. The zero-order valence-corrected chi connectivity index (χ0v) is 12.8. The molecule has 3 heteroatoms. The molecule has 0 aromatic rings. The third-order valence-corrected chi connectivity index (χ3v) is 4.46. The van der Waals surface area contributed by atoms with Gasteiger partial charge in [-0.1, -0.05) is 52.4 Å². The monoisotopic (exact) mass is 268 g/mol. The quantitative estimate of drug-likeness (QED) is 0.664. The Morgan fingerprint density at radius 2 is 1.84 bits per heavy atom. The molecule has 19 heavy (non-hydrogen) atoms. The van der Waals surface area contributed by atoms with Gasteiger partial charge in [0.05, 0.1) is 5.92 Å². The van der Waals surface area contributed by atoms with Gasteiger partial charge in [0.25, 0.3) is 0 Å². The largest absolute Gasteiger partial charge is 0.356 e. The molecule has 0 radical (unpaired) electrons. The van der Waals surface area contributed by atoms with Crippen molar-refractivity contribution in [3.05, 3.63) is 0 Å². The highest BCUT2D eigenvalue weighted by Crippen LogP contribution is 2.27. The van der Waals surface area contributed by atoms with E-state index < -0.39 is 0 Å². The van der Waals surface area contributed by atoms with Crippen LogP contribution in [0.1, 0.15) is 71.6 Å². The number of carbonyl (C=O) groups excluding carboxylic acids is 1. The van der Waals surface area contributed by atoms with E-state index >= 15 is 0 Å². The normalized spacial score (nSPS) is 27.2. The average molecular weight is 268 g/mol. The molecule has 112 valence electrons. The molecule has 0 heterocycles. The first-order chi connectivity index (χ1) is 9.16. The molecule has 1 aliphatic rings. The Bertz CT molecular complexity index is 255. The van der Waals surface area contributed by atoms with Gasteiger partial charge in [-0.25, -0.2) is 0 Å². The van der Waals surface area contributed by atoms with Crippen LogP contribution in [0.4, 0.5) is 0 Å². The van der Waals surface area contributed by atoms with E-state index in [1.807, 2.05) is 0 Å². The Kier molecular flexibility index (Phi) is 8.11. The lowest BCUT2D eigenvalue weighted by molar-refractivity contribution is -0.127. The lowest BCUT2D eigenvalue weighted by atomic mass is 9.78. The summed E-state index contributed by atoms with van der Waals surface area (Å²) in [6.07, 6.45) is 10.9. The van der Waals surface area contributed by atoms with Crippen molar-refractivity contribution < 1.29 is 4.79 Å². The molecule has 1 aliphatic carbocycles. The predicted molar refractivity (Wildman–Crippen MR) is 80.9 cm³/mol. The molecule has 0 bridgehead atoms. The number of unbranched alkanes of at least 4 members (excludes halogenated alkanes) is 5. The van der Waals surface area contributed by atoms with Crippen LogP contribution in [0.15, 0.2) is 0 Å². The SMILES string of the molecule is CCCCCCCCNC(=O)C1CCCC(C)C1N. The van der Waals surface area contributed by atoms with E-state index in [2.05, 4.69) is 19.2 Å². The molecule has 3 nitrogen and oxygen atoms in total. The standard InChI is InChI=1S/C16H32N2O/c1-3-4-5-6-7-8-12-18-16(19)14-11-9-10-13(2)15(14)17/h13-15H,3-12,17H2,1-2H3,(H,18,19). The van der Waals surface area contributed by atoms with Crippen molar-refractivity contribution in [2.75, 3.05) is 6.54 Å². The highest BCUT2D eigenvalue weighted by molar-refractivity contribution is 5.79. The molecule has 1 rings (SSSR count). The molecule has 0 aliphatic heterocycles. The maximum Gasteiger partial charge on any atom is 0.224 e. The molecule has 0 saturated heterocycles. The molecule has 1 amide bonds. The van der Waals surface area contributed by atoms with Gasteiger partial charge in [-0.05, 0) is 25.2 Å². The van der Waals surface area contributed by atoms with Gasteiger partial charge in [0.2, 0.25) is 5.91 Å². The Morgan fingerprint density at radius 3 is 2.58 bits per heavy atom. The molecule has 3 unspecified atom stereocenters. The minimum atomic E-state index is 0.0452. The fraction of sp³-hybridized carbons (Fsp3) is 0.938. The van der Waals surface area contributed by atoms with Crippen LogP contribution in [0.3, 0.4) is 0 Å². The van der Waals surface area contributed by atoms with E-state index in [-0.39, 0.29) is 17.9 Å². The summed E-state index contributed by atoms with van der Waals surface area (Å²) in [5.41, 5.74) is 6.15. The zero-order chi connectivity index (χ0) is 14.1. The van der Waals surface area contributed by atoms with Crippen molar-refractivity contribution in [1.82, 2.24) is 5.32 Å². The average Bonchev–Trinajstić information content (AvgIpc) is 2.40. The fourth-order valence-corrected chi connectivity index (χ4v) is 3.00. The first-order valence-electron chi connectivity index (χ1n) is 8.20. The molecule has 3 N–H and O–H groups in total. The second-order valence-electron chi connectivity index (χ2n) is 6.15. The summed E-state index contributed by atoms with van der Waals surface area (Å²) in [7, 11) is 0. The summed E-state index contributed by atoms with van der Waals surface area (Å²) >= 11 is 0. The van der Waals surface area contributed by atoms with Crippen molar-refractivity contribution in [3.63, 3.8) is 0 Å². The smallest absolute Gasteiger partial charge is 0.224 e. The fourth-order valence-electron chi connectivity index (χ4n) is 3.00. The predicted octanol–water partition coefficient (Wildman–Crippen LogP) is 3.23. The molecular weight excluding hydrogens is 236 g/mol. The minimum Gasteiger partial charge on any atom is -0.356 e. The first-order valence-corrected chi connectivity index (χ1v) is 8.20. The van der Waals surface area contributed by atoms with Crippen LogP contribution in [0, 0.1) is 11.8 Å². The van der Waals surface area contributed by atoms with E-state index in [0.29, 0.717) is 5.92 Å². The van der Waals surface area contributed by atoms with Gasteiger partial charge in [0.15, 0.2) is 0 Å². The number of hydrogen-bond donors (Lipinski definition) is 2. The number of nitrogens with two attached hydrogens (primary N) is 1. The molecule has 1 fully saturated rings. The second kappa shape index (κ2) is 9.35. The molecule has 3 atom stereocenters. The summed E-state index contributed by atoms with van der Waals surface area (Å²) in [5.74, 6) is 0.718. The Balaban J connectivity index is 2.10. The van der Waals surface area contributed by atoms with Crippen LogP contribution < -0.4 is 11.1 Å². The van der Waals surface area contributed by atoms with Gasteiger partial charge in [0, 0.05) is 12.6 Å². The van der Waals surface area contributed by atoms with Crippen molar-refractivity contribution in [1.29, 1.82) is 0 Å². The van der Waals surface area contributed by atoms with Crippen molar-refractivity contribution in [2.45, 2.75) is 77.7 Å². The Labute approximate surface area is 118 Å². The molecule has 0 spiro atoms. The first kappa shape index (κ1) is 16.5. The number of hydrogen-bond acceptors (Lipinski definition) is 2. The van der Waals surface area contributed by atoms with Gasteiger partial charge < -0.3 is 11.1 Å². The summed E-state index contributed by atoms with van der Waals surface area (Å²) in [5, 5.41) is 3.08. The summed E-state index contributed by atoms with van der Waals surface area (Å²) in [6.45, 7) is 5.22. The van der Waals surface area contributed by atoms with Crippen LogP contribution in [0.5, 0.6) is 0 Å². The lowest BCUT2D eigenvalue weighted by Gasteiger charge is -2.32. The van der Waals surface area contributed by atoms with Gasteiger partial charge >= 0.3 is 0 Å². The molecular formula is C16H32N2O. The number of nitrogens with one attached hydrogen (secondary N) is 1. The van der Waals surface area contributed by atoms with Crippen LogP contribution in [0.25, 0.3) is 0 Å². The van der Waals surface area contributed by atoms with Crippen LogP contribution in [-0.4, -0.2) is 18.5 Å². The van der Waals surface area contributed by atoms with Gasteiger partial charge in [-0.2, -0.15) is 0 Å². The van der Waals surface area contributed by atoms with Gasteiger partial charge in [-0.15, -0.1) is 0 Å². The summed E-state index contributed by atoms with van der Waals surface area (Å²) < 4.78 is 0. The second-order valence-corrected chi connectivity index (χ2v) is 6.15. The van der Waals surface area contributed by atoms with Crippen LogP contribution in [0.2, 0.25) is 0 Å². The minimum absolute atomic E-state index is 0.0452. The van der Waals surface area contributed by atoms with Crippen LogP contribution >= 0.6 is 0 Å². The zero-order valence-electron chi connectivity index (χ0n) is 12.8. The van der Waals surface area contributed by atoms with E-state index in [1.54, 1.807) is 0 Å². The maximum atomic E-state index is 12.1. The third-order valence-electron chi connectivity index (χ3n) is 4.46. The van der Waals surface area contributed by atoms with Crippen molar-refractivity contribution in [2.24, 2.45) is 17.6 Å². The number of carbonyl (C=O) groups is 1.